The Bertz CT molecular complexity index is 576. The summed E-state index contributed by atoms with van der Waals surface area (Å²) >= 11 is 1.48. The Morgan fingerprint density at radius 2 is 2.05 bits per heavy atom. The van der Waals surface area contributed by atoms with Crippen molar-refractivity contribution >= 4 is 22.4 Å². The van der Waals surface area contributed by atoms with E-state index in [1.54, 1.807) is 0 Å². The lowest BCUT2D eigenvalue weighted by atomic mass is 10.1. The smallest absolute Gasteiger partial charge is 0.223 e. The van der Waals surface area contributed by atoms with Gasteiger partial charge in [0.05, 0.1) is 17.2 Å². The summed E-state index contributed by atoms with van der Waals surface area (Å²) in [6.07, 6.45) is 0. The Balaban J connectivity index is 2.25. The lowest BCUT2D eigenvalue weighted by Crippen LogP contribution is -2.04. The minimum atomic E-state index is -0.105. The minimum absolute atomic E-state index is 0.105. The molecule has 0 fully saturated rings. The molecular formula is C14H16N2O2S. The summed E-state index contributed by atoms with van der Waals surface area (Å²) in [7, 11) is 0. The number of aromatic nitrogens is 1. The van der Waals surface area contributed by atoms with E-state index in [4.69, 9.17) is 4.74 Å². The number of amides is 1. The van der Waals surface area contributed by atoms with E-state index in [0.717, 1.165) is 21.9 Å². The summed E-state index contributed by atoms with van der Waals surface area (Å²) in [4.78, 5) is 16.4. The highest BCUT2D eigenvalue weighted by molar-refractivity contribution is 7.19. The first-order valence-corrected chi connectivity index (χ1v) is 6.90. The van der Waals surface area contributed by atoms with Crippen molar-refractivity contribution in [3.8, 4) is 16.2 Å². The molecule has 5 heteroatoms. The van der Waals surface area contributed by atoms with E-state index in [1.165, 1.54) is 18.3 Å². The Hall–Kier alpha value is -1.88. The van der Waals surface area contributed by atoms with Gasteiger partial charge in [0.1, 0.15) is 5.75 Å². The highest BCUT2D eigenvalue weighted by Gasteiger charge is 2.10. The van der Waals surface area contributed by atoms with E-state index in [1.807, 2.05) is 38.1 Å². The lowest BCUT2D eigenvalue weighted by Gasteiger charge is -2.03. The standard InChI is InChI=1S/C14H16N2O2S/c1-4-18-12-7-5-11(6-8-12)13-9(2)15-14(19-13)16-10(3)17/h5-8H,4H2,1-3H3,(H,15,16,17). The maximum absolute atomic E-state index is 11.0. The Morgan fingerprint density at radius 1 is 1.37 bits per heavy atom. The van der Waals surface area contributed by atoms with Crippen LogP contribution in [0, 0.1) is 6.92 Å². The van der Waals surface area contributed by atoms with Gasteiger partial charge in [-0.1, -0.05) is 11.3 Å². The topological polar surface area (TPSA) is 51.2 Å². The molecule has 0 spiro atoms. The molecule has 0 saturated heterocycles. The van der Waals surface area contributed by atoms with Gasteiger partial charge in [-0.3, -0.25) is 4.79 Å². The van der Waals surface area contributed by atoms with E-state index in [9.17, 15) is 4.79 Å². The summed E-state index contributed by atoms with van der Waals surface area (Å²) in [5, 5.41) is 3.34. The molecule has 100 valence electrons. The molecular weight excluding hydrogens is 260 g/mol. The molecule has 0 bridgehead atoms. The zero-order chi connectivity index (χ0) is 13.8. The van der Waals surface area contributed by atoms with Gasteiger partial charge in [0.2, 0.25) is 5.91 Å². The second kappa shape index (κ2) is 5.84. The summed E-state index contributed by atoms with van der Waals surface area (Å²) < 4.78 is 5.42. The van der Waals surface area contributed by atoms with Crippen LogP contribution in [0.25, 0.3) is 10.4 Å². The van der Waals surface area contributed by atoms with Gasteiger partial charge < -0.3 is 10.1 Å². The van der Waals surface area contributed by atoms with Crippen LogP contribution < -0.4 is 10.1 Å². The number of rotatable bonds is 4. The molecule has 0 aliphatic carbocycles. The van der Waals surface area contributed by atoms with Crippen LogP contribution in [0.4, 0.5) is 5.13 Å². The van der Waals surface area contributed by atoms with Crippen molar-refractivity contribution in [2.24, 2.45) is 0 Å². The molecule has 0 unspecified atom stereocenters. The van der Waals surface area contributed by atoms with Crippen LogP contribution in [-0.4, -0.2) is 17.5 Å². The van der Waals surface area contributed by atoms with Crippen molar-refractivity contribution in [1.82, 2.24) is 4.98 Å². The lowest BCUT2D eigenvalue weighted by molar-refractivity contribution is -0.114. The van der Waals surface area contributed by atoms with Gasteiger partial charge in [-0.2, -0.15) is 0 Å². The highest BCUT2D eigenvalue weighted by atomic mass is 32.1. The highest BCUT2D eigenvalue weighted by Crippen LogP contribution is 2.33. The van der Waals surface area contributed by atoms with E-state index in [0.29, 0.717) is 11.7 Å². The second-order valence-electron chi connectivity index (χ2n) is 4.07. The summed E-state index contributed by atoms with van der Waals surface area (Å²) in [5.41, 5.74) is 1.99. The van der Waals surface area contributed by atoms with Crippen molar-refractivity contribution in [3.05, 3.63) is 30.0 Å². The Morgan fingerprint density at radius 3 is 2.63 bits per heavy atom. The normalized spacial score (nSPS) is 10.3. The molecule has 0 aliphatic heterocycles. The molecule has 0 radical (unpaired) electrons. The average molecular weight is 276 g/mol. The summed E-state index contributed by atoms with van der Waals surface area (Å²) in [6, 6.07) is 7.89. The van der Waals surface area contributed by atoms with Crippen molar-refractivity contribution in [2.75, 3.05) is 11.9 Å². The Labute approximate surface area is 116 Å². The van der Waals surface area contributed by atoms with Crippen LogP contribution in [0.2, 0.25) is 0 Å². The fourth-order valence-electron chi connectivity index (χ4n) is 1.74. The third-order valence-electron chi connectivity index (χ3n) is 2.51. The predicted molar refractivity (Wildman–Crippen MR) is 77.8 cm³/mol. The fraction of sp³-hybridized carbons (Fsp3) is 0.286. The van der Waals surface area contributed by atoms with E-state index in [-0.39, 0.29) is 5.91 Å². The molecule has 1 N–H and O–H groups in total. The van der Waals surface area contributed by atoms with Gasteiger partial charge in [-0.25, -0.2) is 4.98 Å². The molecule has 1 aromatic heterocycles. The van der Waals surface area contributed by atoms with Crippen LogP contribution in [0.5, 0.6) is 5.75 Å². The molecule has 0 aliphatic rings. The summed E-state index contributed by atoms with van der Waals surface area (Å²) in [5.74, 6) is 0.752. The molecule has 4 nitrogen and oxygen atoms in total. The summed E-state index contributed by atoms with van der Waals surface area (Å²) in [6.45, 7) is 6.04. The molecule has 1 heterocycles. The number of hydrogen-bond donors (Lipinski definition) is 1. The third-order valence-corrected chi connectivity index (χ3v) is 3.63. The van der Waals surface area contributed by atoms with Crippen molar-refractivity contribution in [1.29, 1.82) is 0 Å². The second-order valence-corrected chi connectivity index (χ2v) is 5.07. The zero-order valence-electron chi connectivity index (χ0n) is 11.2. The number of hydrogen-bond acceptors (Lipinski definition) is 4. The van der Waals surface area contributed by atoms with Gasteiger partial charge in [0.25, 0.3) is 0 Å². The molecule has 1 aromatic carbocycles. The van der Waals surface area contributed by atoms with Crippen molar-refractivity contribution in [3.63, 3.8) is 0 Å². The first-order valence-electron chi connectivity index (χ1n) is 6.08. The molecule has 2 rings (SSSR count). The fourth-order valence-corrected chi connectivity index (χ4v) is 2.76. The van der Waals surface area contributed by atoms with E-state index < -0.39 is 0 Å². The molecule has 0 atom stereocenters. The van der Waals surface area contributed by atoms with Crippen molar-refractivity contribution < 1.29 is 9.53 Å². The number of carbonyl (C=O) groups excluding carboxylic acids is 1. The van der Waals surface area contributed by atoms with E-state index >= 15 is 0 Å². The van der Waals surface area contributed by atoms with Crippen LogP contribution in [0.1, 0.15) is 19.5 Å². The number of anilines is 1. The number of nitrogens with one attached hydrogen (secondary N) is 1. The van der Waals surface area contributed by atoms with Gasteiger partial charge in [0, 0.05) is 6.92 Å². The SMILES string of the molecule is CCOc1ccc(-c2sc(NC(C)=O)nc2C)cc1. The number of nitrogens with zero attached hydrogens (tertiary/aromatic N) is 1. The molecule has 19 heavy (non-hydrogen) atoms. The van der Waals surface area contributed by atoms with Crippen LogP contribution in [0.15, 0.2) is 24.3 Å². The van der Waals surface area contributed by atoms with Crippen LogP contribution >= 0.6 is 11.3 Å². The number of carbonyl (C=O) groups is 1. The van der Waals surface area contributed by atoms with Gasteiger partial charge in [-0.15, -0.1) is 0 Å². The maximum atomic E-state index is 11.0. The average Bonchev–Trinajstić information content (AvgIpc) is 2.71. The molecule has 1 amide bonds. The number of thiazole rings is 1. The van der Waals surface area contributed by atoms with Gasteiger partial charge >= 0.3 is 0 Å². The molecule has 2 aromatic rings. The maximum Gasteiger partial charge on any atom is 0.223 e. The number of aryl methyl sites for hydroxylation is 1. The van der Waals surface area contributed by atoms with Gasteiger partial charge in [0.15, 0.2) is 5.13 Å². The van der Waals surface area contributed by atoms with Crippen LogP contribution in [0.3, 0.4) is 0 Å². The quantitative estimate of drug-likeness (QED) is 0.930. The number of ether oxygens (including phenoxy) is 1. The van der Waals surface area contributed by atoms with Crippen molar-refractivity contribution in [2.45, 2.75) is 20.8 Å². The largest absolute Gasteiger partial charge is 0.494 e. The molecule has 0 saturated carbocycles. The first-order chi connectivity index (χ1) is 9.10. The Kier molecular flexibility index (Phi) is 4.16. The monoisotopic (exact) mass is 276 g/mol. The third kappa shape index (κ3) is 3.32. The first kappa shape index (κ1) is 13.5. The predicted octanol–water partition coefficient (Wildman–Crippen LogP) is 3.48. The van der Waals surface area contributed by atoms with Gasteiger partial charge in [-0.05, 0) is 43.7 Å². The van der Waals surface area contributed by atoms with E-state index in [2.05, 4.69) is 10.3 Å². The van der Waals surface area contributed by atoms with Crippen LogP contribution in [-0.2, 0) is 4.79 Å². The number of benzene rings is 1. The zero-order valence-corrected chi connectivity index (χ0v) is 12.0. The minimum Gasteiger partial charge on any atom is -0.494 e.